The molecule has 4 nitrogen and oxygen atoms in total. The van der Waals surface area contributed by atoms with Gasteiger partial charge in [0, 0.05) is 6.42 Å². The van der Waals surface area contributed by atoms with Crippen LogP contribution in [0.3, 0.4) is 0 Å². The number of nitrogens with one attached hydrogen (secondary N) is 1. The summed E-state index contributed by atoms with van der Waals surface area (Å²) in [5.74, 6) is -0.0588. The third-order valence-electron chi connectivity index (χ3n) is 11.3. The molecule has 1 amide bonds. The largest absolute Gasteiger partial charge is 0.394 e. The first kappa shape index (κ1) is 51.1. The van der Waals surface area contributed by atoms with Crippen LogP contribution in [0.25, 0.3) is 0 Å². The molecular formula is C48H95NO3. The van der Waals surface area contributed by atoms with Gasteiger partial charge in [-0.1, -0.05) is 257 Å². The number of carbonyl (C=O) groups excluding carboxylic acids is 1. The van der Waals surface area contributed by atoms with Gasteiger partial charge >= 0.3 is 0 Å². The lowest BCUT2D eigenvalue weighted by molar-refractivity contribution is -0.123. The summed E-state index contributed by atoms with van der Waals surface area (Å²) >= 11 is 0. The monoisotopic (exact) mass is 734 g/mol. The van der Waals surface area contributed by atoms with Gasteiger partial charge in [0.15, 0.2) is 0 Å². The van der Waals surface area contributed by atoms with Crippen LogP contribution in [0.15, 0.2) is 12.2 Å². The molecule has 0 rings (SSSR count). The van der Waals surface area contributed by atoms with Gasteiger partial charge in [0.1, 0.15) is 0 Å². The molecule has 2 atom stereocenters. The van der Waals surface area contributed by atoms with E-state index in [-0.39, 0.29) is 12.5 Å². The molecule has 3 N–H and O–H groups in total. The lowest BCUT2D eigenvalue weighted by Gasteiger charge is -2.20. The van der Waals surface area contributed by atoms with Crippen LogP contribution in [0.1, 0.15) is 271 Å². The zero-order valence-electron chi connectivity index (χ0n) is 35.6. The summed E-state index contributed by atoms with van der Waals surface area (Å²) < 4.78 is 0. The Morgan fingerprint density at radius 3 is 1.00 bits per heavy atom. The van der Waals surface area contributed by atoms with E-state index in [4.69, 9.17) is 0 Å². The minimum Gasteiger partial charge on any atom is -0.394 e. The van der Waals surface area contributed by atoms with E-state index in [0.29, 0.717) is 6.42 Å². The van der Waals surface area contributed by atoms with E-state index in [1.54, 1.807) is 6.08 Å². The van der Waals surface area contributed by atoms with Crippen LogP contribution in [0, 0.1) is 0 Å². The van der Waals surface area contributed by atoms with E-state index in [1.165, 1.54) is 225 Å². The number of amides is 1. The lowest BCUT2D eigenvalue weighted by Crippen LogP contribution is -2.45. The Hall–Kier alpha value is -0.870. The molecule has 0 aliphatic heterocycles. The van der Waals surface area contributed by atoms with Gasteiger partial charge in [-0.3, -0.25) is 4.79 Å². The second-order valence-corrected chi connectivity index (χ2v) is 16.5. The maximum atomic E-state index is 12.4. The Kier molecular flexibility index (Phi) is 43.8. The topological polar surface area (TPSA) is 69.6 Å². The van der Waals surface area contributed by atoms with Crippen molar-refractivity contribution in [3.05, 3.63) is 12.2 Å². The third-order valence-corrected chi connectivity index (χ3v) is 11.3. The van der Waals surface area contributed by atoms with E-state index in [1.807, 2.05) is 6.08 Å². The van der Waals surface area contributed by atoms with Crippen molar-refractivity contribution in [2.24, 2.45) is 0 Å². The quantitative estimate of drug-likeness (QED) is 0.0431. The Labute approximate surface area is 327 Å². The smallest absolute Gasteiger partial charge is 0.220 e. The summed E-state index contributed by atoms with van der Waals surface area (Å²) in [6.45, 7) is 4.33. The highest BCUT2D eigenvalue weighted by Gasteiger charge is 2.18. The second kappa shape index (κ2) is 44.5. The number of allylic oxidation sites excluding steroid dienone is 1. The molecule has 0 aromatic rings. The highest BCUT2D eigenvalue weighted by molar-refractivity contribution is 5.76. The molecule has 0 aliphatic rings. The van der Waals surface area contributed by atoms with Crippen molar-refractivity contribution in [2.75, 3.05) is 6.61 Å². The molecule has 0 saturated carbocycles. The molecule has 0 heterocycles. The minimum absolute atomic E-state index is 0.0588. The molecule has 0 aliphatic carbocycles. The predicted molar refractivity (Wildman–Crippen MR) is 230 cm³/mol. The van der Waals surface area contributed by atoms with Crippen molar-refractivity contribution in [3.8, 4) is 0 Å². The molecule has 0 spiro atoms. The van der Waals surface area contributed by atoms with E-state index < -0.39 is 12.1 Å². The number of unbranched alkanes of at least 4 members (excludes halogenated alkanes) is 37. The molecule has 0 fully saturated rings. The second-order valence-electron chi connectivity index (χ2n) is 16.5. The van der Waals surface area contributed by atoms with Crippen molar-refractivity contribution in [3.63, 3.8) is 0 Å². The van der Waals surface area contributed by atoms with Gasteiger partial charge in [0.05, 0.1) is 18.8 Å². The van der Waals surface area contributed by atoms with Crippen LogP contribution in [-0.4, -0.2) is 34.9 Å². The van der Waals surface area contributed by atoms with Crippen molar-refractivity contribution in [1.29, 1.82) is 0 Å². The van der Waals surface area contributed by atoms with Crippen molar-refractivity contribution >= 4 is 5.91 Å². The Morgan fingerprint density at radius 2 is 0.712 bits per heavy atom. The van der Waals surface area contributed by atoms with Gasteiger partial charge in [-0.05, 0) is 19.3 Å². The summed E-state index contributed by atoms with van der Waals surface area (Å²) in [5.41, 5.74) is 0. The van der Waals surface area contributed by atoms with E-state index in [9.17, 15) is 15.0 Å². The Bertz CT molecular complexity index is 710. The summed E-state index contributed by atoms with van der Waals surface area (Å²) in [6.07, 6.45) is 56.3. The molecule has 0 aromatic heterocycles. The number of aliphatic hydroxyl groups is 2. The summed E-state index contributed by atoms with van der Waals surface area (Å²) in [6, 6.07) is -0.616. The molecule has 0 radical (unpaired) electrons. The number of hydrogen-bond donors (Lipinski definition) is 3. The Balaban J connectivity index is 3.43. The molecule has 52 heavy (non-hydrogen) atoms. The van der Waals surface area contributed by atoms with E-state index >= 15 is 0 Å². The van der Waals surface area contributed by atoms with Gasteiger partial charge in [0.25, 0.3) is 0 Å². The molecule has 310 valence electrons. The lowest BCUT2D eigenvalue weighted by atomic mass is 10.0. The first-order valence-corrected chi connectivity index (χ1v) is 23.9. The highest BCUT2D eigenvalue weighted by Crippen LogP contribution is 2.17. The number of carbonyl (C=O) groups is 1. The molecule has 4 heteroatoms. The fraction of sp³-hybridized carbons (Fsp3) is 0.938. The zero-order valence-corrected chi connectivity index (χ0v) is 35.6. The maximum absolute atomic E-state index is 12.4. The first-order chi connectivity index (χ1) is 25.7. The van der Waals surface area contributed by atoms with Crippen molar-refractivity contribution < 1.29 is 15.0 Å². The molecular weight excluding hydrogens is 639 g/mol. The SMILES string of the molecule is CCCCCCCCCCCCC/C=C/C(O)C(CO)NC(=O)CCCCCCCCCCCCCCCCCCCCCCCCCCCCC. The van der Waals surface area contributed by atoms with Crippen LogP contribution in [-0.2, 0) is 4.79 Å². The average molecular weight is 734 g/mol. The van der Waals surface area contributed by atoms with Crippen LogP contribution >= 0.6 is 0 Å². The number of rotatable bonds is 44. The zero-order chi connectivity index (χ0) is 37.8. The van der Waals surface area contributed by atoms with Crippen molar-refractivity contribution in [1.82, 2.24) is 5.32 Å². The third kappa shape index (κ3) is 40.3. The fourth-order valence-electron chi connectivity index (χ4n) is 7.59. The molecule has 2 unspecified atom stereocenters. The van der Waals surface area contributed by atoms with Gasteiger partial charge in [-0.25, -0.2) is 0 Å². The fourth-order valence-corrected chi connectivity index (χ4v) is 7.59. The van der Waals surface area contributed by atoms with Gasteiger partial charge in [-0.2, -0.15) is 0 Å². The summed E-state index contributed by atoms with van der Waals surface area (Å²) in [7, 11) is 0. The average Bonchev–Trinajstić information content (AvgIpc) is 3.15. The Morgan fingerprint density at radius 1 is 0.442 bits per heavy atom. The van der Waals surface area contributed by atoms with Crippen molar-refractivity contribution in [2.45, 2.75) is 283 Å². The summed E-state index contributed by atoms with van der Waals surface area (Å²) in [4.78, 5) is 12.4. The van der Waals surface area contributed by atoms with Gasteiger partial charge in [-0.15, -0.1) is 0 Å². The van der Waals surface area contributed by atoms with Crippen LogP contribution in [0.4, 0.5) is 0 Å². The van der Waals surface area contributed by atoms with Gasteiger partial charge < -0.3 is 15.5 Å². The first-order valence-electron chi connectivity index (χ1n) is 23.9. The van der Waals surface area contributed by atoms with E-state index in [0.717, 1.165) is 25.7 Å². The predicted octanol–water partition coefficient (Wildman–Crippen LogP) is 15.0. The van der Waals surface area contributed by atoms with E-state index in [2.05, 4.69) is 19.2 Å². The van der Waals surface area contributed by atoms with Gasteiger partial charge in [0.2, 0.25) is 5.91 Å². The molecule has 0 saturated heterocycles. The molecule has 0 aromatic carbocycles. The molecule has 0 bridgehead atoms. The highest BCUT2D eigenvalue weighted by atomic mass is 16.3. The van der Waals surface area contributed by atoms with Crippen LogP contribution in [0.5, 0.6) is 0 Å². The number of hydrogen-bond acceptors (Lipinski definition) is 3. The number of aliphatic hydroxyl groups excluding tert-OH is 2. The van der Waals surface area contributed by atoms with Crippen LogP contribution in [0.2, 0.25) is 0 Å². The van der Waals surface area contributed by atoms with Crippen LogP contribution < -0.4 is 5.32 Å². The minimum atomic E-state index is -0.833. The standard InChI is InChI=1S/C48H95NO3/c1-3-5-7-9-11-13-15-17-18-19-20-21-22-23-24-25-26-27-28-29-30-32-34-36-38-40-42-44-48(52)49-46(45-50)47(51)43-41-39-37-35-33-31-16-14-12-10-8-6-4-2/h41,43,46-47,50-51H,3-40,42,44-45H2,1-2H3,(H,49,52)/b43-41+. The summed E-state index contributed by atoms with van der Waals surface area (Å²) in [5, 5.41) is 23.0. The maximum Gasteiger partial charge on any atom is 0.220 e. The normalized spacial score (nSPS) is 12.9.